The van der Waals surface area contributed by atoms with Crippen LogP contribution in [0.2, 0.25) is 0 Å². The Hall–Kier alpha value is -3.16. The topological polar surface area (TPSA) is 83.4 Å². The predicted octanol–water partition coefficient (Wildman–Crippen LogP) is 2.78. The fourth-order valence-electron chi connectivity index (χ4n) is 4.59. The molecule has 3 heterocycles. The molecule has 0 aliphatic carbocycles. The first-order valence-electron chi connectivity index (χ1n) is 10.6. The van der Waals surface area contributed by atoms with E-state index in [1.165, 1.54) is 12.1 Å². The van der Waals surface area contributed by atoms with Gasteiger partial charge < -0.3 is 20.1 Å². The summed E-state index contributed by atoms with van der Waals surface area (Å²) in [6.45, 7) is 5.28. The van der Waals surface area contributed by atoms with Crippen LogP contribution in [0, 0.1) is 17.7 Å². The summed E-state index contributed by atoms with van der Waals surface area (Å²) >= 11 is 0. The second-order valence-electron chi connectivity index (χ2n) is 8.74. The van der Waals surface area contributed by atoms with Gasteiger partial charge in [0.25, 0.3) is 5.56 Å². The average Bonchev–Trinajstić information content (AvgIpc) is 2.74. The molecule has 3 atom stereocenters. The number of hydrogen-bond donors (Lipinski definition) is 2. The summed E-state index contributed by atoms with van der Waals surface area (Å²) in [6.07, 6.45) is 0.939. The van der Waals surface area contributed by atoms with Crippen molar-refractivity contribution in [2.24, 2.45) is 11.8 Å². The number of aromatic nitrogens is 1. The summed E-state index contributed by atoms with van der Waals surface area (Å²) in [5.74, 6) is -0.872. The van der Waals surface area contributed by atoms with Gasteiger partial charge in [-0.1, -0.05) is 32.0 Å². The van der Waals surface area contributed by atoms with Gasteiger partial charge >= 0.3 is 6.03 Å². The predicted molar refractivity (Wildman–Crippen MR) is 115 cm³/mol. The van der Waals surface area contributed by atoms with Crippen molar-refractivity contribution in [3.8, 4) is 0 Å². The molecule has 7 nitrogen and oxygen atoms in total. The molecule has 1 aromatic heterocycles. The van der Waals surface area contributed by atoms with Gasteiger partial charge in [-0.3, -0.25) is 9.59 Å². The summed E-state index contributed by atoms with van der Waals surface area (Å²) in [5.41, 5.74) is 1.04. The highest BCUT2D eigenvalue weighted by atomic mass is 19.1. The molecule has 0 radical (unpaired) electrons. The SMILES string of the molecule is CC(C)[C@H](NC(=O)N1CC2C[C@H](C1)Cn1c2cccc1=O)C(=O)Nc1ccccc1F. The van der Waals surface area contributed by atoms with Crippen LogP contribution in [0.25, 0.3) is 0 Å². The van der Waals surface area contributed by atoms with E-state index in [9.17, 15) is 18.8 Å². The Morgan fingerprint density at radius 1 is 1.06 bits per heavy atom. The number of pyridine rings is 1. The molecule has 2 bridgehead atoms. The number of para-hydroxylation sites is 1. The number of rotatable bonds is 4. The van der Waals surface area contributed by atoms with Crippen molar-refractivity contribution >= 4 is 17.6 Å². The van der Waals surface area contributed by atoms with Gasteiger partial charge in [0.05, 0.1) is 5.69 Å². The second-order valence-corrected chi connectivity index (χ2v) is 8.74. The van der Waals surface area contributed by atoms with E-state index in [2.05, 4.69) is 10.6 Å². The Morgan fingerprint density at radius 3 is 2.58 bits per heavy atom. The van der Waals surface area contributed by atoms with Gasteiger partial charge in [-0.2, -0.15) is 0 Å². The number of fused-ring (bicyclic) bond motifs is 4. The highest BCUT2D eigenvalue weighted by molar-refractivity contribution is 5.97. The Kier molecular flexibility index (Phi) is 5.80. The summed E-state index contributed by atoms with van der Waals surface area (Å²) in [7, 11) is 0. The number of carbonyl (C=O) groups excluding carboxylic acids is 2. The van der Waals surface area contributed by atoms with Crippen LogP contribution in [0.15, 0.2) is 47.3 Å². The molecule has 1 unspecified atom stereocenters. The van der Waals surface area contributed by atoms with Gasteiger partial charge in [0, 0.05) is 37.3 Å². The lowest BCUT2D eigenvalue weighted by atomic mass is 9.83. The molecule has 0 spiro atoms. The molecule has 2 aliphatic rings. The Bertz CT molecular complexity index is 1050. The molecule has 1 saturated heterocycles. The van der Waals surface area contributed by atoms with Crippen LogP contribution in [-0.2, 0) is 11.3 Å². The van der Waals surface area contributed by atoms with Crippen LogP contribution >= 0.6 is 0 Å². The zero-order valence-electron chi connectivity index (χ0n) is 17.7. The van der Waals surface area contributed by atoms with Crippen molar-refractivity contribution < 1.29 is 14.0 Å². The van der Waals surface area contributed by atoms with Crippen molar-refractivity contribution in [3.05, 3.63) is 64.3 Å². The van der Waals surface area contributed by atoms with E-state index in [-0.39, 0.29) is 35.0 Å². The Morgan fingerprint density at radius 2 is 1.84 bits per heavy atom. The smallest absolute Gasteiger partial charge is 0.318 e. The van der Waals surface area contributed by atoms with Crippen molar-refractivity contribution in [3.63, 3.8) is 0 Å². The van der Waals surface area contributed by atoms with Crippen LogP contribution in [0.4, 0.5) is 14.9 Å². The molecule has 8 heteroatoms. The van der Waals surface area contributed by atoms with Gasteiger partial charge in [0.2, 0.25) is 5.91 Å². The average molecular weight is 426 g/mol. The van der Waals surface area contributed by atoms with Gasteiger partial charge in [0.1, 0.15) is 11.9 Å². The maximum absolute atomic E-state index is 13.9. The van der Waals surface area contributed by atoms with Gasteiger partial charge in [-0.25, -0.2) is 9.18 Å². The number of likely N-dealkylation sites (tertiary alicyclic amines) is 1. The molecule has 2 aromatic rings. The molecular formula is C23H27FN4O3. The highest BCUT2D eigenvalue weighted by Gasteiger charge is 2.37. The number of piperidine rings is 1. The minimum Gasteiger partial charge on any atom is -0.326 e. The summed E-state index contributed by atoms with van der Waals surface area (Å²) in [6, 6.07) is 10.1. The maximum Gasteiger partial charge on any atom is 0.318 e. The number of halogens is 1. The van der Waals surface area contributed by atoms with E-state index in [0.29, 0.717) is 19.6 Å². The Labute approximate surface area is 180 Å². The largest absolute Gasteiger partial charge is 0.326 e. The maximum atomic E-state index is 13.9. The zero-order valence-corrected chi connectivity index (χ0v) is 17.7. The first-order chi connectivity index (χ1) is 14.8. The standard InChI is InChI=1S/C23H27FN4O3/c1-14(2)21(22(30)25-18-7-4-3-6-17(18)24)26-23(31)27-11-15-10-16(13-27)19-8-5-9-20(29)28(19)12-15/h3-9,14-16,21H,10-13H2,1-2H3,(H,25,30)(H,26,31)/t15-,16?,21+/m1/s1. The third-order valence-corrected chi connectivity index (χ3v) is 6.13. The molecule has 1 aromatic carbocycles. The highest BCUT2D eigenvalue weighted by Crippen LogP contribution is 2.34. The monoisotopic (exact) mass is 426 g/mol. The minimum atomic E-state index is -0.802. The fourth-order valence-corrected chi connectivity index (χ4v) is 4.59. The molecule has 3 amide bonds. The molecule has 2 N–H and O–H groups in total. The molecule has 0 saturated carbocycles. The minimum absolute atomic E-state index is 0.00483. The summed E-state index contributed by atoms with van der Waals surface area (Å²) in [5, 5.41) is 5.41. The normalized spacial score (nSPS) is 20.7. The lowest BCUT2D eigenvalue weighted by molar-refractivity contribution is -0.118. The molecule has 31 heavy (non-hydrogen) atoms. The number of nitrogens with one attached hydrogen (secondary N) is 2. The van der Waals surface area contributed by atoms with E-state index in [1.807, 2.05) is 24.5 Å². The molecule has 164 valence electrons. The van der Waals surface area contributed by atoms with E-state index in [4.69, 9.17) is 0 Å². The third-order valence-electron chi connectivity index (χ3n) is 6.13. The zero-order chi connectivity index (χ0) is 22.1. The van der Waals surface area contributed by atoms with Crippen LogP contribution in [-0.4, -0.2) is 40.5 Å². The van der Waals surface area contributed by atoms with Crippen molar-refractivity contribution in [1.82, 2.24) is 14.8 Å². The van der Waals surface area contributed by atoms with Crippen LogP contribution in [0.5, 0.6) is 0 Å². The Balaban J connectivity index is 1.46. The van der Waals surface area contributed by atoms with E-state index >= 15 is 0 Å². The summed E-state index contributed by atoms with van der Waals surface area (Å²) < 4.78 is 15.7. The molecule has 2 aliphatic heterocycles. The fraction of sp³-hybridized carbons (Fsp3) is 0.435. The lowest BCUT2D eigenvalue weighted by Gasteiger charge is -2.43. The van der Waals surface area contributed by atoms with Crippen LogP contribution < -0.4 is 16.2 Å². The van der Waals surface area contributed by atoms with Crippen LogP contribution in [0.1, 0.15) is 31.9 Å². The van der Waals surface area contributed by atoms with Gasteiger partial charge in [0.15, 0.2) is 0 Å². The van der Waals surface area contributed by atoms with Crippen LogP contribution in [0.3, 0.4) is 0 Å². The van der Waals surface area contributed by atoms with E-state index < -0.39 is 17.8 Å². The van der Waals surface area contributed by atoms with E-state index in [1.54, 1.807) is 29.2 Å². The number of amides is 3. The number of benzene rings is 1. The molecular weight excluding hydrogens is 399 g/mol. The quantitative estimate of drug-likeness (QED) is 0.789. The van der Waals surface area contributed by atoms with E-state index in [0.717, 1.165) is 12.1 Å². The van der Waals surface area contributed by atoms with Gasteiger partial charge in [-0.15, -0.1) is 0 Å². The third kappa shape index (κ3) is 4.33. The lowest BCUT2D eigenvalue weighted by Crippen LogP contribution is -2.56. The second kappa shape index (κ2) is 8.53. The summed E-state index contributed by atoms with van der Waals surface area (Å²) in [4.78, 5) is 39.7. The number of anilines is 1. The van der Waals surface area contributed by atoms with Crippen molar-refractivity contribution in [2.45, 2.75) is 38.8 Å². The van der Waals surface area contributed by atoms with Gasteiger partial charge in [-0.05, 0) is 36.5 Å². The molecule has 1 fully saturated rings. The first-order valence-corrected chi connectivity index (χ1v) is 10.6. The number of urea groups is 1. The first kappa shape index (κ1) is 21.1. The molecule has 4 rings (SSSR count). The number of hydrogen-bond acceptors (Lipinski definition) is 3. The number of carbonyl (C=O) groups is 2. The number of nitrogens with zero attached hydrogens (tertiary/aromatic N) is 2. The van der Waals surface area contributed by atoms with Crippen molar-refractivity contribution in [1.29, 1.82) is 0 Å². The van der Waals surface area contributed by atoms with Crippen molar-refractivity contribution in [2.75, 3.05) is 18.4 Å².